The summed E-state index contributed by atoms with van der Waals surface area (Å²) >= 11 is 0. The third-order valence-corrected chi connectivity index (χ3v) is 4.60. The maximum atomic E-state index is 13.3. The molecule has 2 heterocycles. The molecule has 1 aliphatic carbocycles. The summed E-state index contributed by atoms with van der Waals surface area (Å²) in [5.41, 5.74) is 1.56. The molecule has 0 bridgehead atoms. The van der Waals surface area contributed by atoms with Crippen molar-refractivity contribution in [3.63, 3.8) is 0 Å². The monoisotopic (exact) mass is 375 g/mol. The second kappa shape index (κ2) is 6.26. The van der Waals surface area contributed by atoms with Gasteiger partial charge in [0.2, 0.25) is 0 Å². The quantitative estimate of drug-likeness (QED) is 0.642. The van der Waals surface area contributed by atoms with E-state index >= 15 is 0 Å². The van der Waals surface area contributed by atoms with Gasteiger partial charge in [0.15, 0.2) is 0 Å². The van der Waals surface area contributed by atoms with Crippen LogP contribution in [-0.2, 0) is 0 Å². The second-order valence-electron chi connectivity index (χ2n) is 6.61. The summed E-state index contributed by atoms with van der Waals surface area (Å²) in [6.45, 7) is 1.76. The molecule has 0 radical (unpaired) electrons. The highest BCUT2D eigenvalue weighted by molar-refractivity contribution is 5.91. The average molecular weight is 375 g/mol. The number of carbonyl (C=O) groups is 1. The summed E-state index contributed by atoms with van der Waals surface area (Å²) in [4.78, 5) is 16.2. The molecule has 1 fully saturated rings. The number of aromatic amines is 1. The number of anilines is 1. The number of hydrogen-bond acceptors (Lipinski definition) is 3. The fourth-order valence-electron chi connectivity index (χ4n) is 2.97. The minimum Gasteiger partial charge on any atom is -0.331 e. The number of aromatic nitrogens is 3. The van der Waals surface area contributed by atoms with E-state index in [1.165, 1.54) is 24.4 Å². The highest BCUT2D eigenvalue weighted by Crippen LogP contribution is 2.56. The van der Waals surface area contributed by atoms with Gasteiger partial charge in [-0.05, 0) is 24.6 Å². The molecule has 0 saturated heterocycles. The Morgan fingerprint density at radius 1 is 1.33 bits per heavy atom. The molecule has 0 aliphatic heterocycles. The summed E-state index contributed by atoms with van der Waals surface area (Å²) < 4.78 is 39.5. The molecule has 6 nitrogen and oxygen atoms in total. The molecule has 2 unspecified atom stereocenters. The molecule has 4 rings (SSSR count). The normalized spacial score (nSPS) is 18.9. The molecule has 1 aromatic carbocycles. The molecule has 27 heavy (non-hydrogen) atoms. The van der Waals surface area contributed by atoms with Crippen LogP contribution in [0, 0.1) is 5.82 Å². The number of hydrogen-bond donors (Lipinski definition) is 3. The molecular weight excluding hydrogens is 359 g/mol. The van der Waals surface area contributed by atoms with E-state index in [0.29, 0.717) is 16.6 Å². The molecule has 2 aromatic heterocycles. The molecule has 3 aromatic rings. The van der Waals surface area contributed by atoms with Crippen LogP contribution in [0.5, 0.6) is 0 Å². The van der Waals surface area contributed by atoms with Crippen LogP contribution in [-0.4, -0.2) is 27.1 Å². The number of carbonyl (C=O) groups excluding carboxylic acids is 1. The lowest BCUT2D eigenvalue weighted by Crippen LogP contribution is -2.31. The fraction of sp³-hybridized carbons (Fsp3) is 0.278. The van der Waals surface area contributed by atoms with Crippen molar-refractivity contribution in [2.45, 2.75) is 31.2 Å². The molecule has 3 N–H and O–H groups in total. The predicted molar refractivity (Wildman–Crippen MR) is 93.2 cm³/mol. The zero-order chi connectivity index (χ0) is 19.2. The number of pyridine rings is 1. The van der Waals surface area contributed by atoms with Crippen LogP contribution in [0.3, 0.4) is 0 Å². The van der Waals surface area contributed by atoms with Crippen LogP contribution in [0.1, 0.15) is 36.6 Å². The Kier molecular flexibility index (Phi) is 4.01. The lowest BCUT2D eigenvalue weighted by Gasteiger charge is -2.14. The van der Waals surface area contributed by atoms with Crippen molar-refractivity contribution in [3.8, 4) is 0 Å². The number of halogens is 3. The summed E-state index contributed by atoms with van der Waals surface area (Å²) in [7, 11) is 0. The van der Waals surface area contributed by atoms with Gasteiger partial charge in [-0.2, -0.15) is 5.10 Å². The summed E-state index contributed by atoms with van der Waals surface area (Å²) in [6.07, 6.45) is 1.22. The highest BCUT2D eigenvalue weighted by atomic mass is 19.3. The molecular formula is C18H16F3N5O. The lowest BCUT2D eigenvalue weighted by atomic mass is 10.1. The van der Waals surface area contributed by atoms with Gasteiger partial charge >= 0.3 is 6.03 Å². The van der Waals surface area contributed by atoms with Gasteiger partial charge in [-0.25, -0.2) is 22.9 Å². The maximum Gasteiger partial charge on any atom is 0.320 e. The van der Waals surface area contributed by atoms with Crippen LogP contribution >= 0.6 is 0 Å². The predicted octanol–water partition coefficient (Wildman–Crippen LogP) is 4.10. The van der Waals surface area contributed by atoms with Gasteiger partial charge in [0.25, 0.3) is 5.92 Å². The zero-order valence-electron chi connectivity index (χ0n) is 14.3. The molecule has 0 spiro atoms. The van der Waals surface area contributed by atoms with E-state index in [0.717, 1.165) is 5.56 Å². The van der Waals surface area contributed by atoms with Crippen molar-refractivity contribution in [2.75, 3.05) is 5.32 Å². The third-order valence-electron chi connectivity index (χ3n) is 4.60. The largest absolute Gasteiger partial charge is 0.331 e. The number of nitrogens with zero attached hydrogens (tertiary/aromatic N) is 2. The first-order valence-electron chi connectivity index (χ1n) is 8.38. The molecule has 9 heteroatoms. The van der Waals surface area contributed by atoms with Crippen LogP contribution in [0.15, 0.2) is 36.5 Å². The van der Waals surface area contributed by atoms with Crippen molar-refractivity contribution >= 4 is 22.8 Å². The molecule has 1 aliphatic rings. The number of H-pyrrole nitrogens is 1. The van der Waals surface area contributed by atoms with Crippen LogP contribution in [0.4, 0.5) is 23.8 Å². The van der Waals surface area contributed by atoms with Gasteiger partial charge in [-0.15, -0.1) is 0 Å². The van der Waals surface area contributed by atoms with E-state index < -0.39 is 17.9 Å². The Morgan fingerprint density at radius 3 is 2.70 bits per heavy atom. The Labute approximate surface area is 152 Å². The molecule has 2 atom stereocenters. The third kappa shape index (κ3) is 3.44. The first-order valence-corrected chi connectivity index (χ1v) is 8.38. The van der Waals surface area contributed by atoms with Gasteiger partial charge in [-0.1, -0.05) is 12.1 Å². The highest BCUT2D eigenvalue weighted by Gasteiger charge is 2.59. The Bertz CT molecular complexity index is 1000. The maximum absolute atomic E-state index is 13.3. The van der Waals surface area contributed by atoms with Gasteiger partial charge in [0, 0.05) is 24.1 Å². The first-order chi connectivity index (χ1) is 12.8. The number of nitrogens with one attached hydrogen (secondary N) is 3. The van der Waals surface area contributed by atoms with Crippen LogP contribution < -0.4 is 10.6 Å². The minimum absolute atomic E-state index is 0.200. The Balaban J connectivity index is 1.44. The summed E-state index contributed by atoms with van der Waals surface area (Å²) in [6, 6.07) is 6.48. The summed E-state index contributed by atoms with van der Waals surface area (Å²) in [5, 5.41) is 12.5. The average Bonchev–Trinajstić information content (AvgIpc) is 3.06. The Hall–Kier alpha value is -3.10. The van der Waals surface area contributed by atoms with Crippen LogP contribution in [0.2, 0.25) is 0 Å². The van der Waals surface area contributed by atoms with E-state index in [9.17, 15) is 18.0 Å². The van der Waals surface area contributed by atoms with Crippen molar-refractivity contribution < 1.29 is 18.0 Å². The van der Waals surface area contributed by atoms with Crippen molar-refractivity contribution in [1.82, 2.24) is 20.5 Å². The van der Waals surface area contributed by atoms with E-state index in [1.54, 1.807) is 19.1 Å². The van der Waals surface area contributed by atoms with Crippen LogP contribution in [0.25, 0.3) is 10.9 Å². The smallest absolute Gasteiger partial charge is 0.320 e. The van der Waals surface area contributed by atoms with Crippen molar-refractivity contribution in [1.29, 1.82) is 0 Å². The van der Waals surface area contributed by atoms with E-state index in [2.05, 4.69) is 25.8 Å². The fourth-order valence-corrected chi connectivity index (χ4v) is 2.97. The number of rotatable bonds is 4. The van der Waals surface area contributed by atoms with Gasteiger partial charge in [0.05, 0.1) is 23.2 Å². The second-order valence-corrected chi connectivity index (χ2v) is 6.61. The zero-order valence-corrected chi connectivity index (χ0v) is 14.3. The molecule has 1 saturated carbocycles. The number of urea groups is 1. The first kappa shape index (κ1) is 17.3. The lowest BCUT2D eigenvalue weighted by molar-refractivity contribution is 0.111. The standard InChI is InChI=1S/C18H16F3N5O/c1-9(10-2-4-11(19)5-3-10)23-17(27)24-15-6-14-12(8-22-15)16(26-25-14)13-7-18(13,20)21/h2-6,8-9,13H,7H2,1H3,(H,25,26)(H2,22,23,24,27). The number of benzene rings is 1. The van der Waals surface area contributed by atoms with E-state index in [1.807, 2.05) is 0 Å². The van der Waals surface area contributed by atoms with Gasteiger partial charge < -0.3 is 5.32 Å². The number of amides is 2. The summed E-state index contributed by atoms with van der Waals surface area (Å²) in [5.74, 6) is -3.67. The Morgan fingerprint density at radius 2 is 2.04 bits per heavy atom. The SMILES string of the molecule is CC(NC(=O)Nc1cc2n[nH]c(C3CC3(F)F)c2cn1)c1ccc(F)cc1. The minimum atomic E-state index is -2.70. The molecule has 2 amide bonds. The van der Waals surface area contributed by atoms with Gasteiger partial charge in [0.1, 0.15) is 11.6 Å². The van der Waals surface area contributed by atoms with Gasteiger partial charge in [-0.3, -0.25) is 10.4 Å². The van der Waals surface area contributed by atoms with Crippen molar-refractivity contribution in [3.05, 3.63) is 53.6 Å². The van der Waals surface area contributed by atoms with E-state index in [-0.39, 0.29) is 24.1 Å². The van der Waals surface area contributed by atoms with Crippen molar-refractivity contribution in [2.24, 2.45) is 0 Å². The molecule has 140 valence electrons. The van der Waals surface area contributed by atoms with E-state index in [4.69, 9.17) is 0 Å². The topological polar surface area (TPSA) is 82.7 Å². The number of alkyl halides is 2. The number of fused-ring (bicyclic) bond motifs is 1.